The molecule has 0 aliphatic rings. The molecule has 0 unspecified atom stereocenters. The summed E-state index contributed by atoms with van der Waals surface area (Å²) in [6.45, 7) is 17.4. The molecule has 0 heterocycles. The van der Waals surface area contributed by atoms with Crippen LogP contribution in [0.5, 0.6) is 0 Å². The van der Waals surface area contributed by atoms with E-state index >= 15 is 0 Å². The molecule has 0 saturated heterocycles. The van der Waals surface area contributed by atoms with Crippen molar-refractivity contribution in [3.05, 3.63) is 0 Å². The highest BCUT2D eigenvalue weighted by atomic mass is 16.6. The quantitative estimate of drug-likeness (QED) is 0.0435. The lowest BCUT2D eigenvalue weighted by Crippen LogP contribution is -2.15. The van der Waals surface area contributed by atoms with Gasteiger partial charge < -0.3 is 61.6 Å². The molecule has 0 aromatic rings. The minimum absolute atomic E-state index is 0.136. The first-order chi connectivity index (χ1) is 29.8. The highest BCUT2D eigenvalue weighted by molar-refractivity contribution is 5.69. The topological polar surface area (TPSA) is 137 Å². The van der Waals surface area contributed by atoms with Crippen LogP contribution in [0.15, 0.2) is 0 Å². The molecule has 0 saturated carbocycles. The summed E-state index contributed by atoms with van der Waals surface area (Å²) in [4.78, 5) is 11.8. The standard InChI is InChI=1S/C46H92O14/c1-3-5-7-9-11-13-14-16-18-20-46(47)60-45-44-59-43-42-58-41-40-57-39-38-56-37-36-55-35-34-54-33-32-53-31-30-52-29-28-51-27-26-50-25-24-49-23-22-48-21-19-17-15-12-10-8-6-4-2/h3-45H2,1-2H3. The lowest BCUT2D eigenvalue weighted by molar-refractivity contribution is -0.145. The molecule has 0 N–H and O–H groups in total. The van der Waals surface area contributed by atoms with Crippen LogP contribution >= 0.6 is 0 Å². The molecule has 360 valence electrons. The molecule has 0 radical (unpaired) electrons. The van der Waals surface area contributed by atoms with Crippen LogP contribution in [0, 0.1) is 0 Å². The van der Waals surface area contributed by atoms with Gasteiger partial charge in [0.25, 0.3) is 0 Å². The van der Waals surface area contributed by atoms with Crippen molar-refractivity contribution >= 4 is 5.97 Å². The maximum atomic E-state index is 11.8. The largest absolute Gasteiger partial charge is 0.463 e. The summed E-state index contributed by atoms with van der Waals surface area (Å²) in [5, 5.41) is 0. The highest BCUT2D eigenvalue weighted by Crippen LogP contribution is 2.11. The normalized spacial score (nSPS) is 11.6. The SMILES string of the molecule is CCCCCCCCCCCC(=O)OCCOCCOCCOCCOCCOCCOCCOCCOCCOCCOCCOCCOCCCCCCCCCC. The first kappa shape index (κ1) is 59.0. The second kappa shape index (κ2) is 56.0. The number of ether oxygens (including phenoxy) is 13. The summed E-state index contributed by atoms with van der Waals surface area (Å²) in [6, 6.07) is 0. The van der Waals surface area contributed by atoms with E-state index in [1.54, 1.807) is 0 Å². The maximum Gasteiger partial charge on any atom is 0.305 e. The number of esters is 1. The summed E-state index contributed by atoms with van der Waals surface area (Å²) in [5.41, 5.74) is 0. The summed E-state index contributed by atoms with van der Waals surface area (Å²) >= 11 is 0. The van der Waals surface area contributed by atoms with Crippen molar-refractivity contribution in [1.82, 2.24) is 0 Å². The minimum atomic E-state index is -0.136. The van der Waals surface area contributed by atoms with Gasteiger partial charge in [-0.05, 0) is 12.8 Å². The lowest BCUT2D eigenvalue weighted by Gasteiger charge is -2.09. The molecule has 0 fully saturated rings. The Hall–Kier alpha value is -1.01. The molecule has 14 nitrogen and oxygen atoms in total. The van der Waals surface area contributed by atoms with E-state index < -0.39 is 0 Å². The monoisotopic (exact) mass is 869 g/mol. The average Bonchev–Trinajstić information content (AvgIpc) is 3.25. The summed E-state index contributed by atoms with van der Waals surface area (Å²) in [6.07, 6.45) is 22.1. The summed E-state index contributed by atoms with van der Waals surface area (Å²) in [5.74, 6) is -0.136. The lowest BCUT2D eigenvalue weighted by atomic mass is 10.1. The van der Waals surface area contributed by atoms with Gasteiger partial charge >= 0.3 is 5.97 Å². The first-order valence-electron chi connectivity index (χ1n) is 23.9. The first-order valence-corrected chi connectivity index (χ1v) is 23.9. The van der Waals surface area contributed by atoms with Crippen molar-refractivity contribution in [2.75, 3.05) is 165 Å². The Morgan fingerprint density at radius 1 is 0.233 bits per heavy atom. The van der Waals surface area contributed by atoms with Crippen LogP contribution in [0.3, 0.4) is 0 Å². The number of unbranched alkanes of at least 4 members (excludes halogenated alkanes) is 15. The fourth-order valence-corrected chi connectivity index (χ4v) is 5.73. The van der Waals surface area contributed by atoms with Gasteiger partial charge in [-0.3, -0.25) is 4.79 Å². The second-order valence-electron chi connectivity index (χ2n) is 14.6. The van der Waals surface area contributed by atoms with Crippen LogP contribution in [-0.4, -0.2) is 171 Å². The Kier molecular flexibility index (Phi) is 55.1. The molecule has 14 heteroatoms. The number of carbonyl (C=O) groups excluding carboxylic acids is 1. The van der Waals surface area contributed by atoms with Gasteiger partial charge in [-0.2, -0.15) is 0 Å². The van der Waals surface area contributed by atoms with Gasteiger partial charge in [-0.1, -0.05) is 110 Å². The predicted octanol–water partition coefficient (Wildman–Crippen LogP) is 7.79. The molecule has 60 heavy (non-hydrogen) atoms. The van der Waals surface area contributed by atoms with E-state index in [9.17, 15) is 4.79 Å². The summed E-state index contributed by atoms with van der Waals surface area (Å²) < 4.78 is 71.5. The van der Waals surface area contributed by atoms with E-state index in [1.807, 2.05) is 0 Å². The molecule has 0 rings (SSSR count). The van der Waals surface area contributed by atoms with Gasteiger partial charge in [0, 0.05) is 13.0 Å². The van der Waals surface area contributed by atoms with Crippen LogP contribution in [0.25, 0.3) is 0 Å². The van der Waals surface area contributed by atoms with Crippen LogP contribution in [0.2, 0.25) is 0 Å². The molecule has 0 atom stereocenters. The van der Waals surface area contributed by atoms with Gasteiger partial charge in [-0.15, -0.1) is 0 Å². The van der Waals surface area contributed by atoms with Gasteiger partial charge in [0.15, 0.2) is 0 Å². The van der Waals surface area contributed by atoms with E-state index in [4.69, 9.17) is 61.6 Å². The van der Waals surface area contributed by atoms with Crippen molar-refractivity contribution < 1.29 is 66.4 Å². The number of hydrogen-bond donors (Lipinski definition) is 0. The van der Waals surface area contributed by atoms with Crippen molar-refractivity contribution in [2.24, 2.45) is 0 Å². The Morgan fingerprint density at radius 3 is 0.700 bits per heavy atom. The molecule has 0 aliphatic carbocycles. The third kappa shape index (κ3) is 55.0. The zero-order valence-electron chi connectivity index (χ0n) is 38.6. The van der Waals surface area contributed by atoms with Gasteiger partial charge in [0.2, 0.25) is 0 Å². The second-order valence-corrected chi connectivity index (χ2v) is 14.6. The van der Waals surface area contributed by atoms with Gasteiger partial charge in [-0.25, -0.2) is 0 Å². The Morgan fingerprint density at radius 2 is 0.433 bits per heavy atom. The van der Waals surface area contributed by atoms with Gasteiger partial charge in [0.1, 0.15) is 6.61 Å². The molecule has 0 aliphatic heterocycles. The van der Waals surface area contributed by atoms with E-state index in [2.05, 4.69) is 13.8 Å². The molecular formula is C46H92O14. The Balaban J connectivity index is 3.10. The fraction of sp³-hybridized carbons (Fsp3) is 0.978. The van der Waals surface area contributed by atoms with E-state index in [0.29, 0.717) is 158 Å². The van der Waals surface area contributed by atoms with Crippen molar-refractivity contribution in [3.63, 3.8) is 0 Å². The number of carbonyl (C=O) groups is 1. The predicted molar refractivity (Wildman–Crippen MR) is 235 cm³/mol. The van der Waals surface area contributed by atoms with Crippen LogP contribution in [0.4, 0.5) is 0 Å². The Bertz CT molecular complexity index is 781. The fourth-order valence-electron chi connectivity index (χ4n) is 5.73. The number of rotatable bonds is 55. The van der Waals surface area contributed by atoms with Gasteiger partial charge in [0.05, 0.1) is 152 Å². The molecular weight excluding hydrogens is 776 g/mol. The molecule has 0 bridgehead atoms. The zero-order chi connectivity index (χ0) is 43.2. The third-order valence-electron chi connectivity index (χ3n) is 9.21. The Labute approximate surface area is 366 Å². The molecule has 0 aromatic carbocycles. The average molecular weight is 869 g/mol. The smallest absolute Gasteiger partial charge is 0.305 e. The third-order valence-corrected chi connectivity index (χ3v) is 9.21. The minimum Gasteiger partial charge on any atom is -0.463 e. The van der Waals surface area contributed by atoms with E-state index in [-0.39, 0.29) is 12.6 Å². The highest BCUT2D eigenvalue weighted by Gasteiger charge is 2.03. The number of hydrogen-bond acceptors (Lipinski definition) is 14. The van der Waals surface area contributed by atoms with E-state index in [1.165, 1.54) is 89.9 Å². The van der Waals surface area contributed by atoms with Crippen molar-refractivity contribution in [3.8, 4) is 0 Å². The zero-order valence-corrected chi connectivity index (χ0v) is 38.6. The van der Waals surface area contributed by atoms with Crippen LogP contribution in [-0.2, 0) is 66.4 Å². The van der Waals surface area contributed by atoms with Crippen molar-refractivity contribution in [1.29, 1.82) is 0 Å². The molecule has 0 aromatic heterocycles. The van der Waals surface area contributed by atoms with Crippen molar-refractivity contribution in [2.45, 2.75) is 129 Å². The van der Waals surface area contributed by atoms with E-state index in [0.717, 1.165) is 25.9 Å². The summed E-state index contributed by atoms with van der Waals surface area (Å²) in [7, 11) is 0. The van der Waals surface area contributed by atoms with Crippen LogP contribution in [0.1, 0.15) is 129 Å². The maximum absolute atomic E-state index is 11.8. The van der Waals surface area contributed by atoms with Crippen LogP contribution < -0.4 is 0 Å². The molecule has 0 amide bonds. The molecule has 0 spiro atoms.